The van der Waals surface area contributed by atoms with E-state index in [0.717, 1.165) is 5.56 Å². The van der Waals surface area contributed by atoms with E-state index in [9.17, 15) is 14.4 Å². The predicted molar refractivity (Wildman–Crippen MR) is 85.3 cm³/mol. The summed E-state index contributed by atoms with van der Waals surface area (Å²) in [5.74, 6) is -2.02. The molecule has 0 spiro atoms. The highest BCUT2D eigenvalue weighted by Gasteiger charge is 2.15. The van der Waals surface area contributed by atoms with Crippen LogP contribution in [0.4, 0.5) is 5.69 Å². The highest BCUT2D eigenvalue weighted by Crippen LogP contribution is 2.15. The summed E-state index contributed by atoms with van der Waals surface area (Å²) in [7, 11) is 0. The van der Waals surface area contributed by atoms with E-state index < -0.39 is 11.9 Å². The van der Waals surface area contributed by atoms with Crippen LogP contribution < -0.4 is 11.1 Å². The largest absolute Gasteiger partial charge is 0.478 e. The van der Waals surface area contributed by atoms with Crippen molar-refractivity contribution in [1.82, 2.24) is 0 Å². The maximum Gasteiger partial charge on any atom is 0.336 e. The highest BCUT2D eigenvalue weighted by atomic mass is 16.4. The number of carbonyl (C=O) groups is 3. The van der Waals surface area contributed by atoms with Gasteiger partial charge in [0.25, 0.3) is 5.91 Å². The number of aromatic carboxylic acids is 1. The molecule has 23 heavy (non-hydrogen) atoms. The molecule has 6 heteroatoms. The van der Waals surface area contributed by atoms with Crippen molar-refractivity contribution in [3.63, 3.8) is 0 Å². The van der Waals surface area contributed by atoms with Gasteiger partial charge in [-0.2, -0.15) is 0 Å². The van der Waals surface area contributed by atoms with Gasteiger partial charge in [-0.3, -0.25) is 9.59 Å². The van der Waals surface area contributed by atoms with Crippen LogP contribution in [0, 0.1) is 0 Å². The van der Waals surface area contributed by atoms with Gasteiger partial charge in [-0.05, 0) is 36.2 Å². The van der Waals surface area contributed by atoms with Gasteiger partial charge < -0.3 is 16.2 Å². The number of rotatable bonds is 6. The molecule has 0 radical (unpaired) electrons. The average Bonchev–Trinajstić information content (AvgIpc) is 2.54. The van der Waals surface area contributed by atoms with E-state index in [1.165, 1.54) is 12.1 Å². The second-order valence-electron chi connectivity index (χ2n) is 4.97. The van der Waals surface area contributed by atoms with E-state index in [0.29, 0.717) is 12.1 Å². The monoisotopic (exact) mass is 312 g/mol. The highest BCUT2D eigenvalue weighted by molar-refractivity contribution is 6.10. The van der Waals surface area contributed by atoms with Crippen molar-refractivity contribution >= 4 is 23.5 Å². The lowest BCUT2D eigenvalue weighted by molar-refractivity contribution is -0.118. The van der Waals surface area contributed by atoms with E-state index in [1.54, 1.807) is 36.4 Å². The molecule has 0 saturated heterocycles. The number of aryl methyl sites for hydroxylation is 1. The molecule has 2 aromatic rings. The molecule has 0 aliphatic heterocycles. The summed E-state index contributed by atoms with van der Waals surface area (Å²) in [6.07, 6.45) is 0.795. The third-order valence-electron chi connectivity index (χ3n) is 3.27. The van der Waals surface area contributed by atoms with Crippen LogP contribution in [-0.2, 0) is 11.2 Å². The number of nitrogens with one attached hydrogen (secondary N) is 1. The maximum atomic E-state index is 12.2. The molecule has 0 heterocycles. The minimum atomic E-state index is -1.16. The number of anilines is 1. The van der Waals surface area contributed by atoms with Gasteiger partial charge in [0.15, 0.2) is 0 Å². The van der Waals surface area contributed by atoms with Crippen LogP contribution >= 0.6 is 0 Å². The molecule has 6 nitrogen and oxygen atoms in total. The molecule has 0 fully saturated rings. The number of amides is 2. The van der Waals surface area contributed by atoms with Crippen LogP contribution in [-0.4, -0.2) is 22.9 Å². The fourth-order valence-corrected chi connectivity index (χ4v) is 2.09. The number of hydrogen-bond acceptors (Lipinski definition) is 3. The summed E-state index contributed by atoms with van der Waals surface area (Å²) in [5.41, 5.74) is 6.60. The van der Waals surface area contributed by atoms with Crippen molar-refractivity contribution in [3.05, 3.63) is 65.2 Å². The first-order valence-electron chi connectivity index (χ1n) is 6.98. The number of carbonyl (C=O) groups excluding carboxylic acids is 2. The lowest BCUT2D eigenvalue weighted by Gasteiger charge is -2.08. The number of carboxylic acids is 1. The first-order chi connectivity index (χ1) is 11.0. The van der Waals surface area contributed by atoms with Crippen LogP contribution in [0.3, 0.4) is 0 Å². The van der Waals surface area contributed by atoms with Gasteiger partial charge in [0.05, 0.1) is 11.1 Å². The van der Waals surface area contributed by atoms with Gasteiger partial charge in [-0.1, -0.05) is 24.3 Å². The Bertz CT molecular complexity index is 739. The van der Waals surface area contributed by atoms with Crippen LogP contribution in [0.15, 0.2) is 48.5 Å². The zero-order chi connectivity index (χ0) is 16.8. The molecule has 2 rings (SSSR count). The Kier molecular flexibility index (Phi) is 5.09. The quantitative estimate of drug-likeness (QED) is 0.758. The second-order valence-corrected chi connectivity index (χ2v) is 4.97. The van der Waals surface area contributed by atoms with Crippen LogP contribution in [0.5, 0.6) is 0 Å². The molecular formula is C17H16N2O4. The minimum Gasteiger partial charge on any atom is -0.478 e. The molecule has 0 saturated carbocycles. The lowest BCUT2D eigenvalue weighted by atomic mass is 10.1. The van der Waals surface area contributed by atoms with Crippen molar-refractivity contribution in [2.45, 2.75) is 12.8 Å². The first-order valence-corrected chi connectivity index (χ1v) is 6.98. The van der Waals surface area contributed by atoms with Crippen LogP contribution in [0.25, 0.3) is 0 Å². The number of carboxylic acid groups (broad SMARTS) is 1. The second kappa shape index (κ2) is 7.22. The van der Waals surface area contributed by atoms with Crippen molar-refractivity contribution in [1.29, 1.82) is 0 Å². The Hall–Kier alpha value is -3.15. The van der Waals surface area contributed by atoms with Crippen LogP contribution in [0.2, 0.25) is 0 Å². The third-order valence-corrected chi connectivity index (χ3v) is 3.27. The third kappa shape index (κ3) is 4.41. The Morgan fingerprint density at radius 2 is 1.57 bits per heavy atom. The van der Waals surface area contributed by atoms with Gasteiger partial charge in [0.2, 0.25) is 5.91 Å². The number of benzene rings is 2. The summed E-state index contributed by atoms with van der Waals surface area (Å²) >= 11 is 0. The molecule has 0 bridgehead atoms. The van der Waals surface area contributed by atoms with E-state index in [1.807, 2.05) is 0 Å². The Morgan fingerprint density at radius 3 is 2.13 bits per heavy atom. The SMILES string of the molecule is NC(=O)CCc1ccc(NC(=O)c2ccccc2C(=O)O)cc1. The fourth-order valence-electron chi connectivity index (χ4n) is 2.09. The molecule has 2 amide bonds. The Morgan fingerprint density at radius 1 is 0.957 bits per heavy atom. The molecule has 0 aliphatic carbocycles. The van der Waals surface area contributed by atoms with E-state index >= 15 is 0 Å². The first kappa shape index (κ1) is 16.2. The van der Waals surface area contributed by atoms with Gasteiger partial charge in [0.1, 0.15) is 0 Å². The van der Waals surface area contributed by atoms with Crippen molar-refractivity contribution < 1.29 is 19.5 Å². The number of primary amides is 1. The zero-order valence-electron chi connectivity index (χ0n) is 12.3. The fraction of sp³-hybridized carbons (Fsp3) is 0.118. The topological polar surface area (TPSA) is 109 Å². The zero-order valence-corrected chi connectivity index (χ0v) is 12.3. The summed E-state index contributed by atoms with van der Waals surface area (Å²) in [4.78, 5) is 34.1. The summed E-state index contributed by atoms with van der Waals surface area (Å²) in [5, 5.41) is 11.8. The molecule has 4 N–H and O–H groups in total. The molecule has 118 valence electrons. The van der Waals surface area contributed by atoms with Gasteiger partial charge >= 0.3 is 5.97 Å². The summed E-state index contributed by atoms with van der Waals surface area (Å²) < 4.78 is 0. The normalized spacial score (nSPS) is 10.1. The minimum absolute atomic E-state index is 0.0527. The van der Waals surface area contributed by atoms with Gasteiger partial charge in [0, 0.05) is 12.1 Å². The molecule has 0 unspecified atom stereocenters. The molecular weight excluding hydrogens is 296 g/mol. The number of nitrogens with two attached hydrogens (primary N) is 1. The maximum absolute atomic E-state index is 12.2. The predicted octanol–water partition coefficient (Wildman–Crippen LogP) is 2.05. The van der Waals surface area contributed by atoms with Gasteiger partial charge in [-0.25, -0.2) is 4.79 Å². The average molecular weight is 312 g/mol. The molecule has 0 aromatic heterocycles. The number of hydrogen-bond donors (Lipinski definition) is 3. The van der Waals surface area contributed by atoms with E-state index in [2.05, 4.69) is 5.32 Å². The van der Waals surface area contributed by atoms with Crippen molar-refractivity contribution in [2.75, 3.05) is 5.32 Å². The van der Waals surface area contributed by atoms with Crippen molar-refractivity contribution in [3.8, 4) is 0 Å². The molecule has 2 aromatic carbocycles. The standard InChI is InChI=1S/C17H16N2O4/c18-15(20)10-7-11-5-8-12(9-6-11)19-16(21)13-3-1-2-4-14(13)17(22)23/h1-6,8-9H,7,10H2,(H2,18,20)(H,19,21)(H,22,23). The van der Waals surface area contributed by atoms with E-state index in [4.69, 9.17) is 10.8 Å². The molecule has 0 aliphatic rings. The summed E-state index contributed by atoms with van der Waals surface area (Å²) in [6.45, 7) is 0. The smallest absolute Gasteiger partial charge is 0.336 e. The lowest BCUT2D eigenvalue weighted by Crippen LogP contribution is -2.16. The van der Waals surface area contributed by atoms with E-state index in [-0.39, 0.29) is 23.5 Å². The Labute approximate surface area is 132 Å². The van der Waals surface area contributed by atoms with Crippen molar-refractivity contribution in [2.24, 2.45) is 5.73 Å². The Balaban J connectivity index is 2.09. The van der Waals surface area contributed by atoms with Gasteiger partial charge in [-0.15, -0.1) is 0 Å². The molecule has 0 atom stereocenters. The van der Waals surface area contributed by atoms with Crippen LogP contribution in [0.1, 0.15) is 32.7 Å². The summed E-state index contributed by atoms with van der Waals surface area (Å²) in [6, 6.07) is 12.9.